The molecule has 7 heteroatoms. The monoisotopic (exact) mass is 415 g/mol. The molecule has 1 aliphatic heterocycles. The molecule has 2 heterocycles. The number of hydrogen-bond donors (Lipinski definition) is 2. The van der Waals surface area contributed by atoms with Crippen LogP contribution in [0, 0.1) is 5.92 Å². The van der Waals surface area contributed by atoms with Crippen molar-refractivity contribution in [1.82, 2.24) is 9.88 Å². The smallest absolute Gasteiger partial charge is 0.253 e. The summed E-state index contributed by atoms with van der Waals surface area (Å²) in [6.07, 6.45) is 3.67. The average Bonchev–Trinajstić information content (AvgIpc) is 2.68. The van der Waals surface area contributed by atoms with Crippen LogP contribution < -0.4 is 4.72 Å². The number of amides is 1. The average molecular weight is 416 g/mol. The second-order valence-electron chi connectivity index (χ2n) is 8.10. The van der Waals surface area contributed by atoms with E-state index in [1.807, 2.05) is 18.2 Å². The second-order valence-corrected chi connectivity index (χ2v) is 9.29. The molecule has 1 unspecified atom stereocenters. The predicted octanol–water partition coefficient (Wildman–Crippen LogP) is 3.37. The van der Waals surface area contributed by atoms with E-state index in [-0.39, 0.29) is 5.91 Å². The first-order valence-electron chi connectivity index (χ1n) is 10.0. The number of hydrogen-bond acceptors (Lipinski definition) is 4. The highest BCUT2D eigenvalue weighted by Gasteiger charge is 2.34. The molecule has 2 aromatic rings. The molecule has 1 aromatic carbocycles. The molecular weight excluding hydrogens is 386 g/mol. The highest BCUT2D eigenvalue weighted by atomic mass is 32.2. The van der Waals surface area contributed by atoms with Crippen LogP contribution >= 0.6 is 0 Å². The minimum Gasteiger partial charge on any atom is -0.390 e. The molecule has 0 spiro atoms. The fourth-order valence-corrected chi connectivity index (χ4v) is 4.65. The SMILES string of the molecule is CC(C)CC1(O)CCN(C(=O)c2ccc(NS(=O)Cc3ccccn3)cc2)CC1. The van der Waals surface area contributed by atoms with Crippen LogP contribution in [0.25, 0.3) is 0 Å². The molecule has 1 fully saturated rings. The van der Waals surface area contributed by atoms with Crippen molar-refractivity contribution in [2.45, 2.75) is 44.5 Å². The van der Waals surface area contributed by atoms with Gasteiger partial charge in [-0.05, 0) is 61.6 Å². The molecule has 29 heavy (non-hydrogen) atoms. The number of aliphatic hydroxyl groups is 1. The molecule has 6 nitrogen and oxygen atoms in total. The molecule has 1 saturated heterocycles. The van der Waals surface area contributed by atoms with Crippen LogP contribution in [0.3, 0.4) is 0 Å². The molecule has 2 N–H and O–H groups in total. The first-order chi connectivity index (χ1) is 13.8. The van der Waals surface area contributed by atoms with Crippen LogP contribution in [0.5, 0.6) is 0 Å². The summed E-state index contributed by atoms with van der Waals surface area (Å²) in [5.41, 5.74) is 1.39. The molecule has 0 saturated carbocycles. The van der Waals surface area contributed by atoms with E-state index in [9.17, 15) is 14.1 Å². The van der Waals surface area contributed by atoms with Crippen LogP contribution in [0.2, 0.25) is 0 Å². The fraction of sp³-hybridized carbons (Fsp3) is 0.455. The highest BCUT2D eigenvalue weighted by molar-refractivity contribution is 7.85. The number of anilines is 1. The zero-order valence-electron chi connectivity index (χ0n) is 17.0. The van der Waals surface area contributed by atoms with Gasteiger partial charge in [-0.2, -0.15) is 0 Å². The first kappa shape index (κ1) is 21.5. The maximum Gasteiger partial charge on any atom is 0.253 e. The lowest BCUT2D eigenvalue weighted by molar-refractivity contribution is -0.0311. The van der Waals surface area contributed by atoms with Gasteiger partial charge in [-0.15, -0.1) is 0 Å². The molecule has 1 atom stereocenters. The molecule has 1 aliphatic rings. The van der Waals surface area contributed by atoms with Gasteiger partial charge in [0.15, 0.2) is 0 Å². The number of nitrogens with one attached hydrogen (secondary N) is 1. The van der Waals surface area contributed by atoms with Gasteiger partial charge in [-0.1, -0.05) is 19.9 Å². The van der Waals surface area contributed by atoms with Crippen LogP contribution in [-0.4, -0.2) is 43.8 Å². The Morgan fingerprint density at radius 3 is 2.48 bits per heavy atom. The molecule has 3 rings (SSSR count). The summed E-state index contributed by atoms with van der Waals surface area (Å²) in [6, 6.07) is 12.6. The van der Waals surface area contributed by atoms with Gasteiger partial charge in [0.25, 0.3) is 5.91 Å². The molecule has 0 radical (unpaired) electrons. The van der Waals surface area contributed by atoms with E-state index in [0.717, 1.165) is 12.1 Å². The van der Waals surface area contributed by atoms with Crippen LogP contribution in [0.15, 0.2) is 48.7 Å². The lowest BCUT2D eigenvalue weighted by atomic mass is 9.84. The largest absolute Gasteiger partial charge is 0.390 e. The molecule has 1 aromatic heterocycles. The van der Waals surface area contributed by atoms with Gasteiger partial charge in [0.05, 0.1) is 17.0 Å². The van der Waals surface area contributed by atoms with E-state index < -0.39 is 16.6 Å². The Kier molecular flexibility index (Phi) is 7.03. The third-order valence-electron chi connectivity index (χ3n) is 5.14. The second kappa shape index (κ2) is 9.50. The van der Waals surface area contributed by atoms with Gasteiger partial charge in [0.1, 0.15) is 11.0 Å². The normalized spacial score (nSPS) is 17.2. The van der Waals surface area contributed by atoms with Gasteiger partial charge in [0.2, 0.25) is 0 Å². The minimum atomic E-state index is -1.29. The zero-order chi connectivity index (χ0) is 20.9. The topological polar surface area (TPSA) is 82.5 Å². The molecule has 0 bridgehead atoms. The quantitative estimate of drug-likeness (QED) is 0.726. The van der Waals surface area contributed by atoms with E-state index in [4.69, 9.17) is 0 Å². The summed E-state index contributed by atoms with van der Waals surface area (Å²) in [7, 11) is -1.29. The van der Waals surface area contributed by atoms with E-state index in [1.165, 1.54) is 0 Å². The number of carbonyl (C=O) groups is 1. The summed E-state index contributed by atoms with van der Waals surface area (Å²) < 4.78 is 15.2. The lowest BCUT2D eigenvalue weighted by Gasteiger charge is -2.39. The standard InChI is InChI=1S/C22H29N3O3S/c1-17(2)15-22(27)10-13-25(14-11-22)21(26)18-6-8-19(9-7-18)24-29(28)16-20-5-3-4-12-23-20/h3-9,12,17,24,27H,10-11,13-16H2,1-2H3. The number of nitrogens with zero attached hydrogens (tertiary/aromatic N) is 2. The first-order valence-corrected chi connectivity index (χ1v) is 11.3. The number of rotatable bonds is 7. The fourth-order valence-electron chi connectivity index (χ4n) is 3.74. The zero-order valence-corrected chi connectivity index (χ0v) is 17.8. The molecule has 1 amide bonds. The third-order valence-corrected chi connectivity index (χ3v) is 6.16. The van der Waals surface area contributed by atoms with Crippen molar-refractivity contribution in [1.29, 1.82) is 0 Å². The Labute approximate surface area is 174 Å². The van der Waals surface area contributed by atoms with Crippen molar-refractivity contribution in [2.75, 3.05) is 17.8 Å². The maximum absolute atomic E-state index is 12.8. The van der Waals surface area contributed by atoms with Crippen molar-refractivity contribution in [3.63, 3.8) is 0 Å². The van der Waals surface area contributed by atoms with Crippen molar-refractivity contribution >= 4 is 22.6 Å². The van der Waals surface area contributed by atoms with Crippen molar-refractivity contribution in [2.24, 2.45) is 5.92 Å². The van der Waals surface area contributed by atoms with Crippen LogP contribution in [-0.2, 0) is 16.7 Å². The Balaban J connectivity index is 1.53. The van der Waals surface area contributed by atoms with E-state index in [1.54, 1.807) is 35.4 Å². The van der Waals surface area contributed by atoms with Crippen molar-refractivity contribution in [3.8, 4) is 0 Å². The van der Waals surface area contributed by atoms with Gasteiger partial charge < -0.3 is 14.7 Å². The number of benzene rings is 1. The summed E-state index contributed by atoms with van der Waals surface area (Å²) in [6.45, 7) is 5.34. The highest BCUT2D eigenvalue weighted by Crippen LogP contribution is 2.29. The Morgan fingerprint density at radius 1 is 1.21 bits per heavy atom. The van der Waals surface area contributed by atoms with E-state index >= 15 is 0 Å². The number of piperidine rings is 1. The number of likely N-dealkylation sites (tertiary alicyclic amines) is 1. The summed E-state index contributed by atoms with van der Waals surface area (Å²) in [4.78, 5) is 18.7. The Hall–Kier alpha value is -2.25. The van der Waals surface area contributed by atoms with E-state index in [2.05, 4.69) is 23.6 Å². The molecular formula is C22H29N3O3S. The molecule has 0 aliphatic carbocycles. The maximum atomic E-state index is 12.8. The van der Waals surface area contributed by atoms with Crippen molar-refractivity contribution in [3.05, 3.63) is 59.9 Å². The van der Waals surface area contributed by atoms with Gasteiger partial charge >= 0.3 is 0 Å². The minimum absolute atomic E-state index is 0.0299. The summed E-state index contributed by atoms with van der Waals surface area (Å²) in [5, 5.41) is 10.7. The summed E-state index contributed by atoms with van der Waals surface area (Å²) >= 11 is 0. The van der Waals surface area contributed by atoms with Crippen LogP contribution in [0.4, 0.5) is 5.69 Å². The van der Waals surface area contributed by atoms with Gasteiger partial charge in [-0.25, -0.2) is 4.21 Å². The Morgan fingerprint density at radius 2 is 1.90 bits per heavy atom. The molecule has 156 valence electrons. The Bertz CT molecular complexity index is 832. The number of aromatic nitrogens is 1. The van der Waals surface area contributed by atoms with Crippen LogP contribution in [0.1, 0.15) is 49.2 Å². The number of carbonyl (C=O) groups excluding carboxylic acids is 1. The number of pyridine rings is 1. The summed E-state index contributed by atoms with van der Waals surface area (Å²) in [5.74, 6) is 0.720. The third kappa shape index (κ3) is 6.11. The lowest BCUT2D eigenvalue weighted by Crippen LogP contribution is -2.47. The predicted molar refractivity (Wildman–Crippen MR) is 116 cm³/mol. The van der Waals surface area contributed by atoms with Gasteiger partial charge in [-0.3, -0.25) is 9.78 Å². The van der Waals surface area contributed by atoms with Gasteiger partial charge in [0, 0.05) is 30.5 Å². The van der Waals surface area contributed by atoms with Crippen molar-refractivity contribution < 1.29 is 14.1 Å². The van der Waals surface area contributed by atoms with E-state index in [0.29, 0.717) is 48.9 Å².